The van der Waals surface area contributed by atoms with Crippen molar-refractivity contribution in [3.05, 3.63) is 138 Å². The number of fused-ring (bicyclic) bond motifs is 1. The highest BCUT2D eigenvalue weighted by molar-refractivity contribution is 5.97. The lowest BCUT2D eigenvalue weighted by Gasteiger charge is -2.31. The van der Waals surface area contributed by atoms with Gasteiger partial charge in [-0.15, -0.1) is 0 Å². The predicted molar refractivity (Wildman–Crippen MR) is 279 cm³/mol. The molecule has 1 saturated heterocycles. The fourth-order valence-corrected chi connectivity index (χ4v) is 8.65. The molecule has 0 bridgehead atoms. The number of rotatable bonds is 22. The van der Waals surface area contributed by atoms with Crippen LogP contribution in [-0.2, 0) is 64.2 Å². The molecule has 0 saturated carbocycles. The Kier molecular flexibility index (Phi) is 21.7. The minimum absolute atomic E-state index is 0.0414. The van der Waals surface area contributed by atoms with Gasteiger partial charge in [0.15, 0.2) is 0 Å². The number of likely N-dealkylation sites (tertiary alicyclic amines) is 1. The SMILES string of the molecule is CC(C)C[C@H](NC(=O)[C@@H]1CCCN1C(=O)[C@H](Cc1ccccc1)NC(=O)CNC(=O)[C@@H](C)NC(=O)[C@@H](N)Cc1ccc(O)cc1)C(=O)N[C@@H](Cc1c[nH]c2ccccc12)C(=O)N(C)Cc1ccccc1.O=C(O)C(F)(F)F. The monoisotopic (exact) mass is 1070 g/mol. The van der Waals surface area contributed by atoms with Gasteiger partial charge in [-0.3, -0.25) is 33.6 Å². The molecule has 1 aromatic heterocycles. The van der Waals surface area contributed by atoms with Crippen LogP contribution in [0.15, 0.2) is 115 Å². The number of amides is 7. The van der Waals surface area contributed by atoms with E-state index in [0.29, 0.717) is 24.9 Å². The van der Waals surface area contributed by atoms with E-state index in [1.54, 1.807) is 36.2 Å². The van der Waals surface area contributed by atoms with E-state index in [2.05, 4.69) is 31.6 Å². The van der Waals surface area contributed by atoms with Crippen LogP contribution in [0, 0.1) is 5.92 Å². The van der Waals surface area contributed by atoms with Gasteiger partial charge in [0.25, 0.3) is 0 Å². The third-order valence-electron chi connectivity index (χ3n) is 12.6. The number of aliphatic carboxylic acids is 1. The average molecular weight is 1070 g/mol. The quantitative estimate of drug-likeness (QED) is 0.0483. The highest BCUT2D eigenvalue weighted by Crippen LogP contribution is 2.23. The molecule has 10 N–H and O–H groups in total. The Balaban J connectivity index is 0.00000146. The summed E-state index contributed by atoms with van der Waals surface area (Å²) < 4.78 is 31.7. The summed E-state index contributed by atoms with van der Waals surface area (Å²) in [5, 5.41) is 31.3. The van der Waals surface area contributed by atoms with Crippen molar-refractivity contribution < 1.29 is 61.7 Å². The predicted octanol–water partition coefficient (Wildman–Crippen LogP) is 3.63. The first-order valence-corrected chi connectivity index (χ1v) is 25.0. The van der Waals surface area contributed by atoms with Gasteiger partial charge >= 0.3 is 12.1 Å². The number of H-pyrrole nitrogens is 1. The van der Waals surface area contributed by atoms with Gasteiger partial charge in [-0.25, -0.2) is 4.79 Å². The van der Waals surface area contributed by atoms with Crippen LogP contribution in [0.5, 0.6) is 5.75 Å². The molecule has 2 heterocycles. The van der Waals surface area contributed by atoms with E-state index in [-0.39, 0.29) is 49.8 Å². The standard InChI is InChI=1S/C53H65N9O8.C2HF3O2/c1-33(2)26-43(50(67)60-45(29-38-30-55-42-19-12-11-18-40(38)42)52(69)61(4)32-37-16-9-6-10-17-37)59-51(68)46-20-13-25-62(46)53(70)44(28-35-14-7-5-8-15-35)58-47(64)31-56-48(65)34(3)57-49(66)41(54)27-36-21-23-39(63)24-22-36;3-2(4,5)1(6)7/h5-12,14-19,21-24,30,33-34,41,43-46,55,63H,13,20,25-29,31-32,54H2,1-4H3,(H,56,65)(H,57,66)(H,58,64)(H,59,68)(H,60,67);(H,6,7)/t34-,41+,43+,44+,45+,46+;/m1./s1. The molecule has 0 radical (unpaired) electrons. The highest BCUT2D eigenvalue weighted by atomic mass is 19.4. The molecule has 22 heteroatoms. The fraction of sp³-hybridized carbons (Fsp3) is 0.382. The molecular formula is C55H66F3N9O10. The Bertz CT molecular complexity index is 2810. The van der Waals surface area contributed by atoms with Gasteiger partial charge in [0.1, 0.15) is 36.0 Å². The largest absolute Gasteiger partial charge is 0.508 e. The second-order valence-corrected chi connectivity index (χ2v) is 19.2. The number of phenols is 1. The van der Waals surface area contributed by atoms with Gasteiger partial charge in [-0.05, 0) is 79.0 Å². The maximum Gasteiger partial charge on any atom is 0.490 e. The summed E-state index contributed by atoms with van der Waals surface area (Å²) in [7, 11) is 1.69. The van der Waals surface area contributed by atoms with Crippen LogP contribution in [-0.4, -0.2) is 135 Å². The van der Waals surface area contributed by atoms with Crippen molar-refractivity contribution in [2.24, 2.45) is 11.7 Å². The lowest BCUT2D eigenvalue weighted by atomic mass is 10.00. The second kappa shape index (κ2) is 28.0. The zero-order chi connectivity index (χ0) is 56.4. The number of nitrogens with one attached hydrogen (secondary N) is 6. The number of benzene rings is 4. The Labute approximate surface area is 443 Å². The number of para-hydroxylation sites is 1. The Morgan fingerprint density at radius 3 is 1.95 bits per heavy atom. The second-order valence-electron chi connectivity index (χ2n) is 19.2. The van der Waals surface area contributed by atoms with E-state index in [9.17, 15) is 51.8 Å². The van der Waals surface area contributed by atoms with Crippen LogP contribution in [0.4, 0.5) is 13.2 Å². The third kappa shape index (κ3) is 18.2. The number of halogens is 3. The molecule has 77 heavy (non-hydrogen) atoms. The molecule has 1 fully saturated rings. The molecule has 1 aliphatic heterocycles. The zero-order valence-electron chi connectivity index (χ0n) is 43.1. The van der Waals surface area contributed by atoms with Gasteiger partial charge in [0.2, 0.25) is 41.4 Å². The smallest absolute Gasteiger partial charge is 0.490 e. The van der Waals surface area contributed by atoms with Crippen LogP contribution < -0.4 is 32.3 Å². The molecule has 0 aliphatic carbocycles. The van der Waals surface area contributed by atoms with Crippen molar-refractivity contribution in [1.29, 1.82) is 0 Å². The van der Waals surface area contributed by atoms with E-state index in [1.165, 1.54) is 24.0 Å². The summed E-state index contributed by atoms with van der Waals surface area (Å²) in [4.78, 5) is 112. The molecule has 6 rings (SSSR count). The van der Waals surface area contributed by atoms with E-state index in [4.69, 9.17) is 15.6 Å². The van der Waals surface area contributed by atoms with Crippen LogP contribution >= 0.6 is 0 Å². The Morgan fingerprint density at radius 2 is 1.32 bits per heavy atom. The van der Waals surface area contributed by atoms with E-state index >= 15 is 0 Å². The highest BCUT2D eigenvalue weighted by Gasteiger charge is 2.40. The first-order valence-electron chi connectivity index (χ1n) is 25.0. The van der Waals surface area contributed by atoms with Crippen molar-refractivity contribution in [2.75, 3.05) is 20.1 Å². The van der Waals surface area contributed by atoms with Crippen molar-refractivity contribution in [3.8, 4) is 5.75 Å². The number of aromatic hydroxyl groups is 1. The van der Waals surface area contributed by atoms with E-state index < -0.39 is 90.4 Å². The number of carboxylic acid groups (broad SMARTS) is 1. The van der Waals surface area contributed by atoms with Gasteiger partial charge < -0.3 is 57.3 Å². The molecule has 0 spiro atoms. The first kappa shape index (κ1) is 59.6. The maximum atomic E-state index is 14.5. The number of hydrogen-bond donors (Lipinski definition) is 9. The number of nitrogens with two attached hydrogens (primary N) is 1. The van der Waals surface area contributed by atoms with Gasteiger partial charge in [0, 0.05) is 50.1 Å². The number of alkyl halides is 3. The first-order chi connectivity index (χ1) is 36.5. The summed E-state index contributed by atoms with van der Waals surface area (Å²) in [6.07, 6.45) is -1.77. The third-order valence-corrected chi connectivity index (χ3v) is 12.6. The van der Waals surface area contributed by atoms with Gasteiger partial charge in [-0.2, -0.15) is 13.2 Å². The average Bonchev–Trinajstić information content (AvgIpc) is 4.06. The minimum atomic E-state index is -5.08. The van der Waals surface area contributed by atoms with Crippen LogP contribution in [0.1, 0.15) is 62.3 Å². The summed E-state index contributed by atoms with van der Waals surface area (Å²) in [5.41, 5.74) is 10.2. The van der Waals surface area contributed by atoms with E-state index in [1.807, 2.05) is 92.8 Å². The van der Waals surface area contributed by atoms with Crippen molar-refractivity contribution in [1.82, 2.24) is 41.4 Å². The van der Waals surface area contributed by atoms with Crippen LogP contribution in [0.25, 0.3) is 10.9 Å². The molecule has 4 aromatic carbocycles. The summed E-state index contributed by atoms with van der Waals surface area (Å²) >= 11 is 0. The number of likely N-dealkylation sites (N-methyl/N-ethyl adjacent to an activating group) is 1. The number of nitrogens with zero attached hydrogens (tertiary/aromatic N) is 2. The van der Waals surface area contributed by atoms with Crippen molar-refractivity contribution in [2.45, 2.75) is 108 Å². The molecule has 412 valence electrons. The van der Waals surface area contributed by atoms with E-state index in [0.717, 1.165) is 27.6 Å². The van der Waals surface area contributed by atoms with Crippen LogP contribution in [0.3, 0.4) is 0 Å². The number of aromatic amines is 1. The molecule has 6 atom stereocenters. The number of carboxylic acids is 1. The molecule has 7 amide bonds. The topological polar surface area (TPSA) is 285 Å². The maximum absolute atomic E-state index is 14.5. The van der Waals surface area contributed by atoms with Crippen molar-refractivity contribution in [3.63, 3.8) is 0 Å². The fourth-order valence-electron chi connectivity index (χ4n) is 8.65. The Morgan fingerprint density at radius 1 is 0.727 bits per heavy atom. The molecular weight excluding hydrogens is 1000 g/mol. The van der Waals surface area contributed by atoms with Gasteiger partial charge in [-0.1, -0.05) is 105 Å². The zero-order valence-corrected chi connectivity index (χ0v) is 43.1. The molecule has 19 nitrogen and oxygen atoms in total. The number of phenolic OH excluding ortho intramolecular Hbond substituents is 1. The summed E-state index contributed by atoms with van der Waals surface area (Å²) in [6.45, 7) is 5.31. The number of carbonyl (C=O) groups is 8. The molecule has 1 aliphatic rings. The lowest BCUT2D eigenvalue weighted by Crippen LogP contribution is -2.59. The van der Waals surface area contributed by atoms with Crippen LogP contribution in [0.2, 0.25) is 0 Å². The van der Waals surface area contributed by atoms with Crippen molar-refractivity contribution >= 4 is 58.2 Å². The summed E-state index contributed by atoms with van der Waals surface area (Å²) in [5.74, 6) is -6.54. The molecule has 0 unspecified atom stereocenters. The minimum Gasteiger partial charge on any atom is -0.508 e. The lowest BCUT2D eigenvalue weighted by molar-refractivity contribution is -0.192. The number of aromatic nitrogens is 1. The summed E-state index contributed by atoms with van der Waals surface area (Å²) in [6, 6.07) is 26.4. The number of hydrogen-bond acceptors (Lipinski definition) is 10. The molecule has 5 aromatic rings. The normalized spacial score (nSPS) is 15.1. The number of carbonyl (C=O) groups excluding carboxylic acids is 7. The van der Waals surface area contributed by atoms with Gasteiger partial charge in [0.05, 0.1) is 12.6 Å². The Hall–Kier alpha value is -8.27.